The lowest BCUT2D eigenvalue weighted by Crippen LogP contribution is -2.47. The third-order valence-electron chi connectivity index (χ3n) is 3.50. The Morgan fingerprint density at radius 3 is 2.80 bits per heavy atom. The van der Waals surface area contributed by atoms with Crippen LogP contribution in [0.15, 0.2) is 0 Å². The minimum absolute atomic E-state index is 0.0303. The maximum Gasteiger partial charge on any atom is 0.224 e. The summed E-state index contributed by atoms with van der Waals surface area (Å²) in [6.07, 6.45) is 4.07. The molecule has 3 nitrogen and oxygen atoms in total. The van der Waals surface area contributed by atoms with Crippen LogP contribution < -0.4 is 11.1 Å². The molecule has 0 spiro atoms. The summed E-state index contributed by atoms with van der Waals surface area (Å²) >= 11 is 0. The van der Waals surface area contributed by atoms with Crippen molar-refractivity contribution in [1.82, 2.24) is 5.32 Å². The van der Waals surface area contributed by atoms with E-state index in [0.29, 0.717) is 5.92 Å². The smallest absolute Gasteiger partial charge is 0.224 e. The quantitative estimate of drug-likeness (QED) is 0.747. The van der Waals surface area contributed by atoms with Gasteiger partial charge in [-0.15, -0.1) is 0 Å². The van der Waals surface area contributed by atoms with Crippen LogP contribution >= 0.6 is 0 Å². The zero-order valence-corrected chi connectivity index (χ0v) is 10.1. The van der Waals surface area contributed by atoms with Gasteiger partial charge in [0.15, 0.2) is 0 Å². The van der Waals surface area contributed by atoms with Crippen molar-refractivity contribution in [2.75, 3.05) is 0 Å². The molecule has 0 bridgehead atoms. The monoisotopic (exact) mass is 212 g/mol. The van der Waals surface area contributed by atoms with Crippen molar-refractivity contribution >= 4 is 5.91 Å². The van der Waals surface area contributed by atoms with Crippen LogP contribution in [-0.4, -0.2) is 18.0 Å². The molecule has 1 amide bonds. The van der Waals surface area contributed by atoms with Gasteiger partial charge in [-0.3, -0.25) is 4.79 Å². The van der Waals surface area contributed by atoms with Crippen LogP contribution in [0.2, 0.25) is 0 Å². The molecule has 0 radical (unpaired) electrons. The first kappa shape index (κ1) is 12.5. The molecule has 1 rings (SSSR count). The number of hydrogen-bond donors (Lipinski definition) is 2. The maximum absolute atomic E-state index is 11.9. The number of hydrogen-bond acceptors (Lipinski definition) is 2. The standard InChI is InChI=1S/C12H24N2O/c1-4-9(3)14-12(15)10-7-8(2)5-6-11(10)13/h8-11H,4-7,13H2,1-3H3,(H,14,15). The minimum Gasteiger partial charge on any atom is -0.353 e. The highest BCUT2D eigenvalue weighted by Gasteiger charge is 2.31. The molecule has 0 aromatic heterocycles. The van der Waals surface area contributed by atoms with Gasteiger partial charge in [-0.1, -0.05) is 13.8 Å². The summed E-state index contributed by atoms with van der Waals surface area (Å²) in [6.45, 7) is 6.32. The van der Waals surface area contributed by atoms with Crippen molar-refractivity contribution in [2.45, 2.75) is 58.5 Å². The Morgan fingerprint density at radius 2 is 2.20 bits per heavy atom. The van der Waals surface area contributed by atoms with E-state index in [4.69, 9.17) is 5.73 Å². The van der Waals surface area contributed by atoms with Crippen LogP contribution in [0.3, 0.4) is 0 Å². The highest BCUT2D eigenvalue weighted by atomic mass is 16.2. The average molecular weight is 212 g/mol. The van der Waals surface area contributed by atoms with Crippen molar-refractivity contribution in [2.24, 2.45) is 17.6 Å². The molecule has 4 unspecified atom stereocenters. The summed E-state index contributed by atoms with van der Waals surface area (Å²) in [6, 6.07) is 0.326. The SMILES string of the molecule is CCC(C)NC(=O)C1CC(C)CCC1N. The summed E-state index contributed by atoms with van der Waals surface area (Å²) < 4.78 is 0. The minimum atomic E-state index is 0.0303. The third kappa shape index (κ3) is 3.49. The van der Waals surface area contributed by atoms with Crippen molar-refractivity contribution in [1.29, 1.82) is 0 Å². The topological polar surface area (TPSA) is 55.1 Å². The van der Waals surface area contributed by atoms with Crippen LogP contribution in [0.25, 0.3) is 0 Å². The van der Waals surface area contributed by atoms with Gasteiger partial charge in [-0.25, -0.2) is 0 Å². The normalized spacial score (nSPS) is 33.5. The molecule has 0 saturated heterocycles. The molecule has 0 heterocycles. The lowest BCUT2D eigenvalue weighted by Gasteiger charge is -2.32. The number of rotatable bonds is 3. The Kier molecular flexibility index (Phi) is 4.58. The van der Waals surface area contributed by atoms with Crippen molar-refractivity contribution in [3.63, 3.8) is 0 Å². The number of nitrogens with two attached hydrogens (primary N) is 1. The Bertz CT molecular complexity index is 218. The third-order valence-corrected chi connectivity index (χ3v) is 3.50. The van der Waals surface area contributed by atoms with Gasteiger partial charge in [0, 0.05) is 12.1 Å². The molecular weight excluding hydrogens is 188 g/mol. The molecule has 0 aromatic carbocycles. The van der Waals surface area contributed by atoms with Gasteiger partial charge in [0.2, 0.25) is 5.91 Å². The molecule has 4 atom stereocenters. The second-order valence-electron chi connectivity index (χ2n) is 5.01. The van der Waals surface area contributed by atoms with Gasteiger partial charge in [-0.2, -0.15) is 0 Å². The van der Waals surface area contributed by atoms with E-state index in [1.807, 2.05) is 6.92 Å². The highest BCUT2D eigenvalue weighted by molar-refractivity contribution is 5.79. The second kappa shape index (κ2) is 5.50. The van der Waals surface area contributed by atoms with E-state index in [9.17, 15) is 4.79 Å². The lowest BCUT2D eigenvalue weighted by atomic mass is 9.78. The van der Waals surface area contributed by atoms with Crippen LogP contribution in [-0.2, 0) is 4.79 Å². The Labute approximate surface area is 92.8 Å². The van der Waals surface area contributed by atoms with E-state index in [-0.39, 0.29) is 23.9 Å². The van der Waals surface area contributed by atoms with Gasteiger partial charge in [0.25, 0.3) is 0 Å². The highest BCUT2D eigenvalue weighted by Crippen LogP contribution is 2.28. The molecule has 15 heavy (non-hydrogen) atoms. The van der Waals surface area contributed by atoms with Crippen LogP contribution in [0, 0.1) is 11.8 Å². The van der Waals surface area contributed by atoms with Gasteiger partial charge in [0.05, 0.1) is 5.92 Å². The Balaban J connectivity index is 2.49. The summed E-state index contributed by atoms with van der Waals surface area (Å²) in [4.78, 5) is 11.9. The van der Waals surface area contributed by atoms with E-state index < -0.39 is 0 Å². The summed E-state index contributed by atoms with van der Waals surface area (Å²) in [5.41, 5.74) is 6.00. The summed E-state index contributed by atoms with van der Waals surface area (Å²) in [7, 11) is 0. The Morgan fingerprint density at radius 1 is 1.53 bits per heavy atom. The molecule has 1 aliphatic rings. The largest absolute Gasteiger partial charge is 0.353 e. The number of carbonyl (C=O) groups excluding carboxylic acids is 1. The summed E-state index contributed by atoms with van der Waals surface area (Å²) in [5, 5.41) is 3.03. The predicted octanol–water partition coefficient (Wildman–Crippen LogP) is 1.66. The molecule has 1 aliphatic carbocycles. The summed E-state index contributed by atoms with van der Waals surface area (Å²) in [5.74, 6) is 0.823. The van der Waals surface area contributed by atoms with Gasteiger partial charge >= 0.3 is 0 Å². The fourth-order valence-electron chi connectivity index (χ4n) is 2.16. The van der Waals surface area contributed by atoms with Crippen molar-refractivity contribution in [3.8, 4) is 0 Å². The van der Waals surface area contributed by atoms with E-state index in [0.717, 1.165) is 25.7 Å². The predicted molar refractivity (Wildman–Crippen MR) is 62.4 cm³/mol. The van der Waals surface area contributed by atoms with E-state index in [1.165, 1.54) is 0 Å². The fraction of sp³-hybridized carbons (Fsp3) is 0.917. The first-order valence-corrected chi connectivity index (χ1v) is 6.10. The first-order chi connectivity index (χ1) is 7.04. The van der Waals surface area contributed by atoms with Crippen molar-refractivity contribution < 1.29 is 4.79 Å². The zero-order valence-electron chi connectivity index (χ0n) is 10.1. The van der Waals surface area contributed by atoms with Gasteiger partial charge in [0.1, 0.15) is 0 Å². The molecule has 1 fully saturated rings. The molecule has 3 N–H and O–H groups in total. The van der Waals surface area contributed by atoms with Gasteiger partial charge < -0.3 is 11.1 Å². The van der Waals surface area contributed by atoms with Crippen molar-refractivity contribution in [3.05, 3.63) is 0 Å². The molecule has 0 aromatic rings. The number of amides is 1. The molecule has 0 aliphatic heterocycles. The molecular formula is C12H24N2O. The maximum atomic E-state index is 11.9. The fourth-order valence-corrected chi connectivity index (χ4v) is 2.16. The Hall–Kier alpha value is -0.570. The van der Waals surface area contributed by atoms with Crippen LogP contribution in [0.1, 0.15) is 46.5 Å². The molecule has 1 saturated carbocycles. The van der Waals surface area contributed by atoms with E-state index in [1.54, 1.807) is 0 Å². The zero-order chi connectivity index (χ0) is 11.4. The lowest BCUT2D eigenvalue weighted by molar-refractivity contribution is -0.127. The first-order valence-electron chi connectivity index (χ1n) is 6.10. The average Bonchev–Trinajstić information content (AvgIpc) is 2.21. The van der Waals surface area contributed by atoms with Crippen LogP contribution in [0.4, 0.5) is 0 Å². The molecule has 88 valence electrons. The second-order valence-corrected chi connectivity index (χ2v) is 5.01. The number of nitrogens with one attached hydrogen (secondary N) is 1. The van der Waals surface area contributed by atoms with Gasteiger partial charge in [-0.05, 0) is 38.5 Å². The van der Waals surface area contributed by atoms with E-state index >= 15 is 0 Å². The molecule has 3 heteroatoms. The van der Waals surface area contributed by atoms with Crippen LogP contribution in [0.5, 0.6) is 0 Å². The number of carbonyl (C=O) groups is 1. The van der Waals surface area contributed by atoms with E-state index in [2.05, 4.69) is 19.2 Å².